The summed E-state index contributed by atoms with van der Waals surface area (Å²) in [4.78, 5) is 14.0. The van der Waals surface area contributed by atoms with Crippen LogP contribution in [0.4, 0.5) is 0 Å². The van der Waals surface area contributed by atoms with Crippen LogP contribution in [-0.4, -0.2) is 35.9 Å². The summed E-state index contributed by atoms with van der Waals surface area (Å²) in [6, 6.07) is 0. The minimum absolute atomic E-state index is 0.0570. The van der Waals surface area contributed by atoms with Gasteiger partial charge in [-0.3, -0.25) is 15.0 Å². The van der Waals surface area contributed by atoms with Gasteiger partial charge in [-0.1, -0.05) is 0 Å². The van der Waals surface area contributed by atoms with Gasteiger partial charge in [-0.25, -0.2) is 5.06 Å². The zero-order chi connectivity index (χ0) is 8.85. The monoisotopic (exact) mass is 160 g/mol. The second kappa shape index (κ2) is 4.51. The van der Waals surface area contributed by atoms with Gasteiger partial charge in [0, 0.05) is 14.0 Å². The molecule has 4 N–H and O–H groups in total. The fourth-order valence-corrected chi connectivity index (χ4v) is 0.346. The molecule has 0 rings (SSSR count). The molecule has 0 aliphatic carbocycles. The van der Waals surface area contributed by atoms with E-state index < -0.39 is 5.91 Å². The van der Waals surface area contributed by atoms with Crippen molar-refractivity contribution in [1.82, 2.24) is 10.4 Å². The molecule has 0 atom stereocenters. The van der Waals surface area contributed by atoms with Crippen molar-refractivity contribution < 1.29 is 10.0 Å². The van der Waals surface area contributed by atoms with Crippen LogP contribution in [0.1, 0.15) is 6.92 Å². The standard InChI is InChI=1S/C5H12N4O2/c1-4(10)9(11)3-8-5(6)7-2/h11H,3H2,1-2H3,(H3,6,7,8). The summed E-state index contributed by atoms with van der Waals surface area (Å²) in [5.74, 6) is -0.285. The number of carbonyl (C=O) groups excluding carboxylic acids is 1. The molecule has 0 aliphatic rings. The number of nitrogens with zero attached hydrogens (tertiary/aromatic N) is 2. The van der Waals surface area contributed by atoms with Gasteiger partial charge in [0.15, 0.2) is 5.96 Å². The van der Waals surface area contributed by atoms with Gasteiger partial charge in [-0.2, -0.15) is 0 Å². The summed E-state index contributed by atoms with van der Waals surface area (Å²) in [6.45, 7) is 1.18. The minimum atomic E-state index is -0.457. The number of nitrogens with one attached hydrogen (secondary N) is 1. The molecule has 1 amide bonds. The Bertz CT molecular complexity index is 168. The van der Waals surface area contributed by atoms with Crippen molar-refractivity contribution in [2.24, 2.45) is 10.7 Å². The van der Waals surface area contributed by atoms with Crippen LogP contribution < -0.4 is 11.1 Å². The van der Waals surface area contributed by atoms with E-state index >= 15 is 0 Å². The summed E-state index contributed by atoms with van der Waals surface area (Å²) in [5.41, 5.74) is 5.21. The Balaban J connectivity index is 3.62. The molecule has 0 saturated carbocycles. The third kappa shape index (κ3) is 4.15. The van der Waals surface area contributed by atoms with Crippen molar-refractivity contribution in [2.75, 3.05) is 13.7 Å². The SMILES string of the molecule is CN=C(N)NCN(O)C(C)=O. The van der Waals surface area contributed by atoms with Crippen LogP contribution in [0.25, 0.3) is 0 Å². The van der Waals surface area contributed by atoms with E-state index in [4.69, 9.17) is 10.9 Å². The number of nitrogens with two attached hydrogens (primary N) is 1. The molecule has 0 aromatic heterocycles. The first-order chi connectivity index (χ1) is 5.07. The number of hydrogen-bond donors (Lipinski definition) is 3. The summed E-state index contributed by atoms with van der Waals surface area (Å²) in [6.07, 6.45) is 0. The predicted molar refractivity (Wildman–Crippen MR) is 39.9 cm³/mol. The third-order valence-electron chi connectivity index (χ3n) is 1.01. The Labute approximate surface area is 64.7 Å². The van der Waals surface area contributed by atoms with Gasteiger partial charge in [0.05, 0.1) is 0 Å². The molecule has 0 aromatic carbocycles. The van der Waals surface area contributed by atoms with E-state index in [-0.39, 0.29) is 12.6 Å². The quantitative estimate of drug-likeness (QED) is 0.154. The number of carbonyl (C=O) groups is 1. The maximum atomic E-state index is 10.4. The van der Waals surface area contributed by atoms with Crippen LogP contribution in [0.15, 0.2) is 4.99 Å². The van der Waals surface area contributed by atoms with Gasteiger partial charge >= 0.3 is 0 Å². The largest absolute Gasteiger partial charge is 0.370 e. The number of rotatable bonds is 2. The molecule has 64 valence electrons. The Morgan fingerprint density at radius 1 is 1.82 bits per heavy atom. The lowest BCUT2D eigenvalue weighted by atomic mass is 10.7. The maximum Gasteiger partial charge on any atom is 0.244 e. The summed E-state index contributed by atoms with van der Waals surface area (Å²) >= 11 is 0. The van der Waals surface area contributed by atoms with Crippen molar-refractivity contribution in [1.29, 1.82) is 0 Å². The van der Waals surface area contributed by atoms with Crippen LogP contribution in [0.5, 0.6) is 0 Å². The van der Waals surface area contributed by atoms with E-state index in [0.29, 0.717) is 5.06 Å². The van der Waals surface area contributed by atoms with Crippen molar-refractivity contribution >= 4 is 11.9 Å². The Morgan fingerprint density at radius 3 is 2.73 bits per heavy atom. The van der Waals surface area contributed by atoms with Crippen molar-refractivity contribution in [3.05, 3.63) is 0 Å². The Kier molecular flexibility index (Phi) is 3.97. The summed E-state index contributed by atoms with van der Waals surface area (Å²) in [5, 5.41) is 11.8. The normalized spacial score (nSPS) is 11.0. The number of amides is 1. The van der Waals surface area contributed by atoms with Gasteiger partial charge in [0.25, 0.3) is 0 Å². The first-order valence-electron chi connectivity index (χ1n) is 3.01. The van der Waals surface area contributed by atoms with Gasteiger partial charge in [-0.15, -0.1) is 0 Å². The maximum absolute atomic E-state index is 10.4. The molecule has 0 bridgehead atoms. The van der Waals surface area contributed by atoms with Crippen LogP contribution in [0.3, 0.4) is 0 Å². The van der Waals surface area contributed by atoms with Crippen LogP contribution in [0.2, 0.25) is 0 Å². The highest BCUT2D eigenvalue weighted by Crippen LogP contribution is 1.77. The van der Waals surface area contributed by atoms with Gasteiger partial charge < -0.3 is 11.1 Å². The number of aliphatic imine (C=N–C) groups is 1. The molecule has 0 fully saturated rings. The highest BCUT2D eigenvalue weighted by molar-refractivity contribution is 5.78. The van der Waals surface area contributed by atoms with Crippen LogP contribution in [0, 0.1) is 0 Å². The number of guanidine groups is 1. The van der Waals surface area contributed by atoms with E-state index in [2.05, 4.69) is 10.3 Å². The molecule has 11 heavy (non-hydrogen) atoms. The van der Waals surface area contributed by atoms with Crippen molar-refractivity contribution in [2.45, 2.75) is 6.92 Å². The predicted octanol–water partition coefficient (Wildman–Crippen LogP) is -1.28. The lowest BCUT2D eigenvalue weighted by molar-refractivity contribution is -0.163. The zero-order valence-electron chi connectivity index (χ0n) is 6.53. The smallest absolute Gasteiger partial charge is 0.244 e. The number of hydrogen-bond acceptors (Lipinski definition) is 3. The lowest BCUT2D eigenvalue weighted by Gasteiger charge is -2.12. The van der Waals surface area contributed by atoms with Crippen molar-refractivity contribution in [3.63, 3.8) is 0 Å². The molecule has 0 saturated heterocycles. The average molecular weight is 160 g/mol. The molecular weight excluding hydrogens is 148 g/mol. The van der Waals surface area contributed by atoms with Gasteiger partial charge in [-0.05, 0) is 0 Å². The molecule has 0 aromatic rings. The van der Waals surface area contributed by atoms with Crippen LogP contribution in [-0.2, 0) is 4.79 Å². The second-order valence-corrected chi connectivity index (χ2v) is 1.86. The molecule has 0 spiro atoms. The third-order valence-corrected chi connectivity index (χ3v) is 1.01. The van der Waals surface area contributed by atoms with E-state index in [1.165, 1.54) is 14.0 Å². The van der Waals surface area contributed by atoms with Gasteiger partial charge in [0.1, 0.15) is 6.67 Å². The highest BCUT2D eigenvalue weighted by atomic mass is 16.5. The molecule has 0 unspecified atom stereocenters. The lowest BCUT2D eigenvalue weighted by Crippen LogP contribution is -2.41. The molecule has 0 heterocycles. The fourth-order valence-electron chi connectivity index (χ4n) is 0.346. The first kappa shape index (κ1) is 9.70. The molecule has 0 radical (unpaired) electrons. The average Bonchev–Trinajstić information content (AvgIpc) is 1.99. The summed E-state index contributed by atoms with van der Waals surface area (Å²) in [7, 11) is 1.50. The molecule has 6 heteroatoms. The molecular formula is C5H12N4O2. The highest BCUT2D eigenvalue weighted by Gasteiger charge is 2.02. The van der Waals surface area contributed by atoms with Crippen LogP contribution >= 0.6 is 0 Å². The van der Waals surface area contributed by atoms with E-state index in [1.54, 1.807) is 0 Å². The Hall–Kier alpha value is -1.30. The molecule has 0 aliphatic heterocycles. The zero-order valence-corrected chi connectivity index (χ0v) is 6.53. The minimum Gasteiger partial charge on any atom is -0.370 e. The van der Waals surface area contributed by atoms with E-state index in [1.807, 2.05) is 0 Å². The number of hydroxylamine groups is 2. The summed E-state index contributed by atoms with van der Waals surface area (Å²) < 4.78 is 0. The fraction of sp³-hybridized carbons (Fsp3) is 0.600. The van der Waals surface area contributed by atoms with Gasteiger partial charge in [0.2, 0.25) is 5.91 Å². The second-order valence-electron chi connectivity index (χ2n) is 1.86. The first-order valence-corrected chi connectivity index (χ1v) is 3.01. The van der Waals surface area contributed by atoms with E-state index in [9.17, 15) is 4.79 Å². The Morgan fingerprint density at radius 2 is 2.36 bits per heavy atom. The van der Waals surface area contributed by atoms with E-state index in [0.717, 1.165) is 0 Å². The van der Waals surface area contributed by atoms with Crippen molar-refractivity contribution in [3.8, 4) is 0 Å². The molecule has 6 nitrogen and oxygen atoms in total. The topological polar surface area (TPSA) is 90.9 Å².